The van der Waals surface area contributed by atoms with E-state index in [1.807, 2.05) is 31.2 Å². The monoisotopic (exact) mass is 285 g/mol. The maximum Gasteiger partial charge on any atom is 0.329 e. The number of nitrogens with one attached hydrogen (secondary N) is 2. The van der Waals surface area contributed by atoms with Crippen LogP contribution in [0.4, 0.5) is 0 Å². The number of furan rings is 1. The number of benzene rings is 1. The molecule has 1 aromatic carbocycles. The second-order valence-electron chi connectivity index (χ2n) is 4.38. The first kappa shape index (κ1) is 14.5. The van der Waals surface area contributed by atoms with Gasteiger partial charge in [0, 0.05) is 6.54 Å². The van der Waals surface area contributed by atoms with E-state index in [2.05, 4.69) is 15.8 Å². The molecule has 0 radical (unpaired) electrons. The van der Waals surface area contributed by atoms with E-state index in [9.17, 15) is 9.59 Å². The van der Waals surface area contributed by atoms with Gasteiger partial charge in [-0.25, -0.2) is 5.43 Å². The van der Waals surface area contributed by atoms with Crippen LogP contribution in [-0.2, 0) is 16.1 Å². The van der Waals surface area contributed by atoms with Crippen molar-refractivity contribution in [1.29, 1.82) is 0 Å². The van der Waals surface area contributed by atoms with Crippen molar-refractivity contribution >= 4 is 18.0 Å². The van der Waals surface area contributed by atoms with Gasteiger partial charge in [-0.15, -0.1) is 0 Å². The zero-order valence-electron chi connectivity index (χ0n) is 11.5. The van der Waals surface area contributed by atoms with Crippen molar-refractivity contribution in [3.63, 3.8) is 0 Å². The lowest BCUT2D eigenvalue weighted by Gasteiger charge is -2.04. The third-order valence-corrected chi connectivity index (χ3v) is 2.68. The highest BCUT2D eigenvalue weighted by Gasteiger charge is 2.11. The molecule has 108 valence electrons. The number of hydrazone groups is 1. The molecule has 0 fully saturated rings. The number of hydrogen-bond donors (Lipinski definition) is 2. The van der Waals surface area contributed by atoms with Gasteiger partial charge in [-0.1, -0.05) is 29.8 Å². The Labute approximate surface area is 121 Å². The molecule has 1 aromatic heterocycles. The summed E-state index contributed by atoms with van der Waals surface area (Å²) in [6.07, 6.45) is 2.79. The summed E-state index contributed by atoms with van der Waals surface area (Å²) >= 11 is 0. The molecule has 0 spiro atoms. The predicted molar refractivity (Wildman–Crippen MR) is 77.5 cm³/mol. The average Bonchev–Trinajstić information content (AvgIpc) is 2.99. The van der Waals surface area contributed by atoms with E-state index in [0.29, 0.717) is 5.76 Å². The smallest absolute Gasteiger partial charge is 0.329 e. The summed E-state index contributed by atoms with van der Waals surface area (Å²) in [5.74, 6) is -1.09. The first-order chi connectivity index (χ1) is 10.1. The van der Waals surface area contributed by atoms with Crippen molar-refractivity contribution in [1.82, 2.24) is 10.7 Å². The fourth-order valence-corrected chi connectivity index (χ4v) is 1.54. The van der Waals surface area contributed by atoms with Crippen LogP contribution in [0.3, 0.4) is 0 Å². The number of amides is 2. The van der Waals surface area contributed by atoms with Gasteiger partial charge in [0.25, 0.3) is 0 Å². The molecule has 21 heavy (non-hydrogen) atoms. The van der Waals surface area contributed by atoms with Gasteiger partial charge < -0.3 is 9.73 Å². The van der Waals surface area contributed by atoms with Gasteiger partial charge >= 0.3 is 11.8 Å². The summed E-state index contributed by atoms with van der Waals surface area (Å²) in [6, 6.07) is 11.0. The fourth-order valence-electron chi connectivity index (χ4n) is 1.54. The van der Waals surface area contributed by atoms with Crippen LogP contribution in [0.2, 0.25) is 0 Å². The van der Waals surface area contributed by atoms with Crippen LogP contribution in [-0.4, -0.2) is 18.0 Å². The molecule has 0 saturated carbocycles. The molecule has 1 heterocycles. The number of carbonyl (C=O) groups is 2. The largest absolute Gasteiger partial charge is 0.463 e. The molecule has 0 bridgehead atoms. The van der Waals surface area contributed by atoms with Gasteiger partial charge in [-0.3, -0.25) is 9.59 Å². The highest BCUT2D eigenvalue weighted by molar-refractivity contribution is 6.35. The van der Waals surface area contributed by atoms with Crippen LogP contribution < -0.4 is 10.7 Å². The molecule has 2 N–H and O–H groups in total. The Bertz CT molecular complexity index is 631. The molecule has 0 aliphatic heterocycles. The Morgan fingerprint density at radius 3 is 2.62 bits per heavy atom. The molecule has 2 rings (SSSR count). The molecule has 6 heteroatoms. The zero-order valence-corrected chi connectivity index (χ0v) is 11.5. The van der Waals surface area contributed by atoms with Crippen molar-refractivity contribution in [3.8, 4) is 0 Å². The Kier molecular flexibility index (Phi) is 4.87. The van der Waals surface area contributed by atoms with Gasteiger partial charge in [-0.2, -0.15) is 5.10 Å². The standard InChI is InChI=1S/C15H15N3O3/c1-11-4-6-12(7-5-11)9-16-14(19)15(20)18-17-10-13-3-2-8-21-13/h2-8,10H,9H2,1H3,(H,16,19)(H,18,20)/b17-10+. The van der Waals surface area contributed by atoms with Gasteiger partial charge in [0.15, 0.2) is 0 Å². The lowest BCUT2D eigenvalue weighted by molar-refractivity contribution is -0.139. The van der Waals surface area contributed by atoms with E-state index in [-0.39, 0.29) is 6.54 Å². The minimum atomic E-state index is -0.829. The van der Waals surface area contributed by atoms with Crippen LogP contribution in [0.1, 0.15) is 16.9 Å². The van der Waals surface area contributed by atoms with Gasteiger partial charge in [0.1, 0.15) is 5.76 Å². The minimum absolute atomic E-state index is 0.286. The molecule has 0 aliphatic rings. The zero-order chi connectivity index (χ0) is 15.1. The molecular formula is C15H15N3O3. The highest BCUT2D eigenvalue weighted by atomic mass is 16.3. The van der Waals surface area contributed by atoms with E-state index in [1.165, 1.54) is 12.5 Å². The fraction of sp³-hybridized carbons (Fsp3) is 0.133. The van der Waals surface area contributed by atoms with E-state index >= 15 is 0 Å². The van der Waals surface area contributed by atoms with Crippen molar-refractivity contribution < 1.29 is 14.0 Å². The Morgan fingerprint density at radius 2 is 1.95 bits per heavy atom. The molecule has 0 aliphatic carbocycles. The Morgan fingerprint density at radius 1 is 1.19 bits per heavy atom. The summed E-state index contributed by atoms with van der Waals surface area (Å²) in [4.78, 5) is 23.0. The number of aryl methyl sites for hydroxylation is 1. The number of nitrogens with zero attached hydrogens (tertiary/aromatic N) is 1. The molecule has 2 aromatic rings. The normalized spacial score (nSPS) is 10.5. The lowest BCUT2D eigenvalue weighted by Crippen LogP contribution is -2.37. The van der Waals surface area contributed by atoms with Crippen LogP contribution >= 0.6 is 0 Å². The van der Waals surface area contributed by atoms with E-state index < -0.39 is 11.8 Å². The maximum absolute atomic E-state index is 11.6. The van der Waals surface area contributed by atoms with Crippen LogP contribution in [0.25, 0.3) is 0 Å². The van der Waals surface area contributed by atoms with E-state index in [0.717, 1.165) is 11.1 Å². The van der Waals surface area contributed by atoms with Crippen LogP contribution in [0.5, 0.6) is 0 Å². The minimum Gasteiger partial charge on any atom is -0.463 e. The Hall–Kier alpha value is -2.89. The van der Waals surface area contributed by atoms with E-state index in [4.69, 9.17) is 4.42 Å². The van der Waals surface area contributed by atoms with Crippen LogP contribution in [0, 0.1) is 6.92 Å². The third kappa shape index (κ3) is 4.61. The van der Waals surface area contributed by atoms with Crippen molar-refractivity contribution in [2.24, 2.45) is 5.10 Å². The van der Waals surface area contributed by atoms with Gasteiger partial charge in [-0.05, 0) is 24.6 Å². The quantitative estimate of drug-likeness (QED) is 0.505. The summed E-state index contributed by atoms with van der Waals surface area (Å²) in [6.45, 7) is 2.27. The maximum atomic E-state index is 11.6. The average molecular weight is 285 g/mol. The van der Waals surface area contributed by atoms with Crippen LogP contribution in [0.15, 0.2) is 52.2 Å². The summed E-state index contributed by atoms with van der Waals surface area (Å²) < 4.78 is 4.99. The summed E-state index contributed by atoms with van der Waals surface area (Å²) in [5, 5.41) is 6.14. The second kappa shape index (κ2) is 7.04. The SMILES string of the molecule is Cc1ccc(CNC(=O)C(=O)N/N=C/c2ccco2)cc1. The van der Waals surface area contributed by atoms with Gasteiger partial charge in [0.05, 0.1) is 12.5 Å². The lowest BCUT2D eigenvalue weighted by atomic mass is 10.1. The number of rotatable bonds is 4. The van der Waals surface area contributed by atoms with Crippen molar-refractivity contribution in [2.75, 3.05) is 0 Å². The Balaban J connectivity index is 1.77. The summed E-state index contributed by atoms with van der Waals surface area (Å²) in [7, 11) is 0. The molecule has 6 nitrogen and oxygen atoms in total. The number of hydrogen-bond acceptors (Lipinski definition) is 4. The molecular weight excluding hydrogens is 270 g/mol. The predicted octanol–water partition coefficient (Wildman–Crippen LogP) is 1.35. The first-order valence-electron chi connectivity index (χ1n) is 6.35. The molecule has 0 atom stereocenters. The summed E-state index contributed by atoms with van der Waals surface area (Å²) in [5.41, 5.74) is 4.18. The second-order valence-corrected chi connectivity index (χ2v) is 4.38. The first-order valence-corrected chi connectivity index (χ1v) is 6.35. The van der Waals surface area contributed by atoms with E-state index in [1.54, 1.807) is 12.1 Å². The third-order valence-electron chi connectivity index (χ3n) is 2.68. The van der Waals surface area contributed by atoms with Crippen molar-refractivity contribution in [2.45, 2.75) is 13.5 Å². The molecule has 0 saturated heterocycles. The topological polar surface area (TPSA) is 83.7 Å². The molecule has 0 unspecified atom stereocenters. The molecule has 2 amide bonds. The number of carbonyl (C=O) groups excluding carboxylic acids is 2. The van der Waals surface area contributed by atoms with Crippen molar-refractivity contribution in [3.05, 3.63) is 59.5 Å². The highest BCUT2D eigenvalue weighted by Crippen LogP contribution is 2.02. The van der Waals surface area contributed by atoms with Gasteiger partial charge in [0.2, 0.25) is 0 Å².